The highest BCUT2D eigenvalue weighted by Crippen LogP contribution is 2.28. The minimum atomic E-state index is -0.0682. The van der Waals surface area contributed by atoms with E-state index in [-0.39, 0.29) is 6.10 Å². The summed E-state index contributed by atoms with van der Waals surface area (Å²) in [5.74, 6) is 1.34. The highest BCUT2D eigenvalue weighted by atomic mass is 16.5. The molecule has 0 unspecified atom stereocenters. The van der Waals surface area contributed by atoms with Crippen LogP contribution in [0.3, 0.4) is 0 Å². The van der Waals surface area contributed by atoms with E-state index in [1.807, 2.05) is 12.1 Å². The van der Waals surface area contributed by atoms with Crippen LogP contribution in [0.15, 0.2) is 18.3 Å². The van der Waals surface area contributed by atoms with Gasteiger partial charge in [0, 0.05) is 24.8 Å². The zero-order valence-corrected chi connectivity index (χ0v) is 10.5. The van der Waals surface area contributed by atoms with E-state index in [2.05, 4.69) is 16.9 Å². The van der Waals surface area contributed by atoms with Crippen molar-refractivity contribution in [3.05, 3.63) is 23.9 Å². The number of pyridine rings is 1. The third-order valence-electron chi connectivity index (χ3n) is 3.26. The number of aromatic nitrogens is 1. The summed E-state index contributed by atoms with van der Waals surface area (Å²) in [5, 5.41) is 9.25. The van der Waals surface area contributed by atoms with Crippen LogP contribution in [0.2, 0.25) is 0 Å². The number of hydrogen-bond acceptors (Lipinski definition) is 4. The Morgan fingerprint density at radius 3 is 2.94 bits per heavy atom. The number of ether oxygens (including phenoxy) is 1. The Labute approximate surface area is 102 Å². The average Bonchev–Trinajstić information content (AvgIpc) is 2.27. The molecule has 94 valence electrons. The molecule has 0 spiro atoms. The lowest BCUT2D eigenvalue weighted by molar-refractivity contribution is 0.0273. The van der Waals surface area contributed by atoms with Gasteiger partial charge in [-0.2, -0.15) is 0 Å². The second-order valence-electron chi connectivity index (χ2n) is 4.86. The predicted molar refractivity (Wildman–Crippen MR) is 65.9 cm³/mol. The van der Waals surface area contributed by atoms with Crippen LogP contribution in [0.5, 0.6) is 5.88 Å². The molecule has 0 aromatic carbocycles. The van der Waals surface area contributed by atoms with Gasteiger partial charge in [-0.05, 0) is 31.9 Å². The highest BCUT2D eigenvalue weighted by Gasteiger charge is 2.27. The van der Waals surface area contributed by atoms with Crippen molar-refractivity contribution in [1.82, 2.24) is 9.88 Å². The van der Waals surface area contributed by atoms with E-state index in [0.29, 0.717) is 11.8 Å². The van der Waals surface area contributed by atoms with Gasteiger partial charge in [0.05, 0.1) is 13.2 Å². The Balaban J connectivity index is 1.86. The maximum atomic E-state index is 9.25. The molecule has 1 aromatic heterocycles. The van der Waals surface area contributed by atoms with Crippen LogP contribution in [0.4, 0.5) is 0 Å². The third-order valence-corrected chi connectivity index (χ3v) is 3.26. The Bertz CT molecular complexity index is 364. The topological polar surface area (TPSA) is 45.6 Å². The first-order valence-corrected chi connectivity index (χ1v) is 6.03. The van der Waals surface area contributed by atoms with E-state index in [4.69, 9.17) is 4.74 Å². The van der Waals surface area contributed by atoms with E-state index in [9.17, 15) is 5.11 Å². The Hall–Kier alpha value is -1.13. The van der Waals surface area contributed by atoms with Gasteiger partial charge in [0.15, 0.2) is 0 Å². The molecule has 2 rings (SSSR count). The summed E-state index contributed by atoms with van der Waals surface area (Å²) in [4.78, 5) is 6.45. The van der Waals surface area contributed by atoms with Crippen molar-refractivity contribution in [2.24, 2.45) is 5.92 Å². The van der Waals surface area contributed by atoms with Gasteiger partial charge in [0.2, 0.25) is 5.88 Å². The van der Waals surface area contributed by atoms with Crippen molar-refractivity contribution in [2.45, 2.75) is 25.5 Å². The quantitative estimate of drug-likeness (QED) is 0.837. The van der Waals surface area contributed by atoms with Crippen molar-refractivity contribution in [1.29, 1.82) is 0 Å². The second kappa shape index (κ2) is 5.47. The van der Waals surface area contributed by atoms with Crippen molar-refractivity contribution in [3.8, 4) is 5.88 Å². The van der Waals surface area contributed by atoms with Crippen LogP contribution in [0.1, 0.15) is 18.4 Å². The van der Waals surface area contributed by atoms with Crippen LogP contribution in [-0.4, -0.2) is 41.8 Å². The summed E-state index contributed by atoms with van der Waals surface area (Å²) in [6, 6.07) is 3.97. The molecule has 1 saturated carbocycles. The van der Waals surface area contributed by atoms with Gasteiger partial charge in [-0.15, -0.1) is 0 Å². The number of methoxy groups -OCH3 is 1. The maximum Gasteiger partial charge on any atom is 0.217 e. The molecule has 0 amide bonds. The fourth-order valence-electron chi connectivity index (χ4n) is 2.37. The van der Waals surface area contributed by atoms with Gasteiger partial charge < -0.3 is 14.7 Å². The molecule has 4 heteroatoms. The standard InChI is InChI=1S/C13H20N2O2/c1-15(8-10-6-12(16)7-10)9-11-4-3-5-14-13(11)17-2/h3-5,10,12,16H,6-9H2,1-2H3. The lowest BCUT2D eigenvalue weighted by Gasteiger charge is -2.34. The monoisotopic (exact) mass is 236 g/mol. The molecule has 1 aromatic rings. The lowest BCUT2D eigenvalue weighted by atomic mass is 9.82. The first-order valence-electron chi connectivity index (χ1n) is 6.03. The largest absolute Gasteiger partial charge is 0.481 e. The molecule has 0 aliphatic heterocycles. The highest BCUT2D eigenvalue weighted by molar-refractivity contribution is 5.25. The van der Waals surface area contributed by atoms with Gasteiger partial charge in [-0.3, -0.25) is 0 Å². The van der Waals surface area contributed by atoms with Gasteiger partial charge in [-0.1, -0.05) is 6.07 Å². The van der Waals surface area contributed by atoms with Gasteiger partial charge in [0.25, 0.3) is 0 Å². The lowest BCUT2D eigenvalue weighted by Crippen LogP contribution is -2.36. The first kappa shape index (κ1) is 12.3. The fraction of sp³-hybridized carbons (Fsp3) is 0.615. The summed E-state index contributed by atoms with van der Waals surface area (Å²) in [6.45, 7) is 1.86. The smallest absolute Gasteiger partial charge is 0.217 e. The average molecular weight is 236 g/mol. The number of rotatable bonds is 5. The molecule has 1 aliphatic carbocycles. The summed E-state index contributed by atoms with van der Waals surface area (Å²) < 4.78 is 5.23. The Morgan fingerprint density at radius 2 is 2.29 bits per heavy atom. The molecular formula is C13H20N2O2. The normalized spacial score (nSPS) is 23.5. The van der Waals surface area contributed by atoms with E-state index in [1.54, 1.807) is 13.3 Å². The van der Waals surface area contributed by atoms with E-state index in [0.717, 1.165) is 31.5 Å². The molecular weight excluding hydrogens is 216 g/mol. The van der Waals surface area contributed by atoms with E-state index in [1.165, 1.54) is 0 Å². The third kappa shape index (κ3) is 3.17. The minimum Gasteiger partial charge on any atom is -0.481 e. The zero-order valence-electron chi connectivity index (χ0n) is 10.5. The molecule has 4 nitrogen and oxygen atoms in total. The van der Waals surface area contributed by atoms with Gasteiger partial charge in [0.1, 0.15) is 0 Å². The molecule has 0 bridgehead atoms. The molecule has 1 N–H and O–H groups in total. The van der Waals surface area contributed by atoms with Crippen molar-refractivity contribution < 1.29 is 9.84 Å². The summed E-state index contributed by atoms with van der Waals surface area (Å²) >= 11 is 0. The molecule has 0 saturated heterocycles. The van der Waals surface area contributed by atoms with Crippen molar-refractivity contribution in [2.75, 3.05) is 20.7 Å². The Morgan fingerprint density at radius 1 is 1.53 bits per heavy atom. The molecule has 1 fully saturated rings. The zero-order chi connectivity index (χ0) is 12.3. The predicted octanol–water partition coefficient (Wildman–Crippen LogP) is 1.29. The van der Waals surface area contributed by atoms with Crippen LogP contribution in [0, 0.1) is 5.92 Å². The number of nitrogens with zero attached hydrogens (tertiary/aromatic N) is 2. The SMILES string of the molecule is COc1ncccc1CN(C)CC1CC(O)C1. The van der Waals surface area contributed by atoms with Gasteiger partial charge in [-0.25, -0.2) is 4.98 Å². The molecule has 0 atom stereocenters. The van der Waals surface area contributed by atoms with Crippen LogP contribution in [-0.2, 0) is 6.54 Å². The van der Waals surface area contributed by atoms with Crippen LogP contribution < -0.4 is 4.74 Å². The summed E-state index contributed by atoms with van der Waals surface area (Å²) in [6.07, 6.45) is 3.55. The number of aliphatic hydroxyl groups is 1. The van der Waals surface area contributed by atoms with E-state index >= 15 is 0 Å². The second-order valence-corrected chi connectivity index (χ2v) is 4.86. The van der Waals surface area contributed by atoms with Crippen LogP contribution >= 0.6 is 0 Å². The summed E-state index contributed by atoms with van der Waals surface area (Å²) in [7, 11) is 3.74. The first-order chi connectivity index (χ1) is 8.19. The molecule has 1 heterocycles. The van der Waals surface area contributed by atoms with E-state index < -0.39 is 0 Å². The maximum absolute atomic E-state index is 9.25. The van der Waals surface area contributed by atoms with Gasteiger partial charge >= 0.3 is 0 Å². The Kier molecular flexibility index (Phi) is 3.97. The molecule has 0 radical (unpaired) electrons. The van der Waals surface area contributed by atoms with Crippen molar-refractivity contribution in [3.63, 3.8) is 0 Å². The van der Waals surface area contributed by atoms with Crippen molar-refractivity contribution >= 4 is 0 Å². The fourth-order valence-corrected chi connectivity index (χ4v) is 2.37. The van der Waals surface area contributed by atoms with Crippen LogP contribution in [0.25, 0.3) is 0 Å². The molecule has 17 heavy (non-hydrogen) atoms. The number of aliphatic hydroxyl groups excluding tert-OH is 1. The minimum absolute atomic E-state index is 0.0682. The molecule has 1 aliphatic rings. The number of hydrogen-bond donors (Lipinski definition) is 1. The summed E-state index contributed by atoms with van der Waals surface area (Å²) in [5.41, 5.74) is 1.11.